The molecule has 4 N–H and O–H groups in total. The molecule has 0 radical (unpaired) electrons. The maximum Gasteiger partial charge on any atom is 0.201 e. The van der Waals surface area contributed by atoms with Crippen molar-refractivity contribution in [2.45, 2.75) is 0 Å². The van der Waals surface area contributed by atoms with Crippen LogP contribution in [0.2, 0.25) is 0 Å². The Morgan fingerprint density at radius 1 is 1.33 bits per heavy atom. The number of thiocarbonyl (C=S) groups is 1. The van der Waals surface area contributed by atoms with Crippen LogP contribution in [0.25, 0.3) is 6.08 Å². The quantitative estimate of drug-likeness (QED) is 0.308. The zero-order valence-electron chi connectivity index (χ0n) is 8.05. The third-order valence-electron chi connectivity index (χ3n) is 1.55. The van der Waals surface area contributed by atoms with Gasteiger partial charge in [-0.3, -0.25) is 10.9 Å². The Labute approximate surface area is 93.8 Å². The summed E-state index contributed by atoms with van der Waals surface area (Å²) >= 11 is 4.71. The highest BCUT2D eigenvalue weighted by atomic mass is 32.1. The first-order valence-corrected chi connectivity index (χ1v) is 4.75. The van der Waals surface area contributed by atoms with Gasteiger partial charge in [0.2, 0.25) is 5.11 Å². The van der Waals surface area contributed by atoms with E-state index in [0.29, 0.717) is 0 Å². The molecular formula is C10H12N4S. The molecule has 0 unspecified atom stereocenters. The molecule has 0 atom stereocenters. The molecule has 0 amide bonds. The normalized spacial score (nSPS) is 10.7. The number of allylic oxidation sites excluding steroid dienone is 1. The van der Waals surface area contributed by atoms with Crippen molar-refractivity contribution in [3.63, 3.8) is 0 Å². The van der Waals surface area contributed by atoms with Gasteiger partial charge in [-0.05, 0) is 23.9 Å². The predicted molar refractivity (Wildman–Crippen MR) is 67.0 cm³/mol. The summed E-state index contributed by atoms with van der Waals surface area (Å²) in [5, 5.41) is 4.09. The van der Waals surface area contributed by atoms with Gasteiger partial charge in [0.1, 0.15) is 0 Å². The lowest BCUT2D eigenvalue weighted by Crippen LogP contribution is -2.36. The maximum absolute atomic E-state index is 5.03. The standard InChI is InChI=1S/C10H12N4S/c11-13-10(15)14-12-8-4-7-9-5-2-1-3-6-9/h1-8H,11H2,(H2,13,14,15). The van der Waals surface area contributed by atoms with E-state index in [1.54, 1.807) is 6.21 Å². The Kier molecular flexibility index (Phi) is 5.07. The Morgan fingerprint density at radius 3 is 2.73 bits per heavy atom. The van der Waals surface area contributed by atoms with Crippen LogP contribution in [-0.4, -0.2) is 11.3 Å². The van der Waals surface area contributed by atoms with Gasteiger partial charge in [0.05, 0.1) is 0 Å². The lowest BCUT2D eigenvalue weighted by atomic mass is 10.2. The molecule has 0 aromatic heterocycles. The van der Waals surface area contributed by atoms with E-state index in [-0.39, 0.29) is 5.11 Å². The minimum atomic E-state index is 0.277. The molecule has 1 aromatic carbocycles. The highest BCUT2D eigenvalue weighted by Gasteiger charge is 1.83. The average Bonchev–Trinajstić information content (AvgIpc) is 2.29. The van der Waals surface area contributed by atoms with Crippen LogP contribution in [0, 0.1) is 0 Å². The first kappa shape index (κ1) is 11.4. The SMILES string of the molecule is NNC(=S)NN=CC=Cc1ccccc1. The van der Waals surface area contributed by atoms with Gasteiger partial charge < -0.3 is 0 Å². The monoisotopic (exact) mass is 220 g/mol. The number of nitrogens with one attached hydrogen (secondary N) is 2. The van der Waals surface area contributed by atoms with Crippen LogP contribution in [-0.2, 0) is 0 Å². The van der Waals surface area contributed by atoms with Gasteiger partial charge in [-0.2, -0.15) is 5.10 Å². The van der Waals surface area contributed by atoms with E-state index in [2.05, 4.69) is 16.0 Å². The summed E-state index contributed by atoms with van der Waals surface area (Å²) in [5.74, 6) is 5.03. The first-order chi connectivity index (χ1) is 7.33. The summed E-state index contributed by atoms with van der Waals surface area (Å²) in [6, 6.07) is 9.93. The largest absolute Gasteiger partial charge is 0.300 e. The smallest absolute Gasteiger partial charge is 0.201 e. The van der Waals surface area contributed by atoms with Crippen molar-refractivity contribution >= 4 is 29.6 Å². The van der Waals surface area contributed by atoms with Gasteiger partial charge in [-0.1, -0.05) is 36.4 Å². The van der Waals surface area contributed by atoms with Crippen LogP contribution in [0.4, 0.5) is 0 Å². The summed E-state index contributed by atoms with van der Waals surface area (Å²) in [6.45, 7) is 0. The topological polar surface area (TPSA) is 62.4 Å². The predicted octanol–water partition coefficient (Wildman–Crippen LogP) is 1.02. The number of nitrogens with two attached hydrogens (primary N) is 1. The molecule has 15 heavy (non-hydrogen) atoms. The summed E-state index contributed by atoms with van der Waals surface area (Å²) < 4.78 is 0. The van der Waals surface area contributed by atoms with Crippen molar-refractivity contribution in [2.75, 3.05) is 0 Å². The second kappa shape index (κ2) is 6.69. The fourth-order valence-electron chi connectivity index (χ4n) is 0.889. The summed E-state index contributed by atoms with van der Waals surface area (Å²) in [6.07, 6.45) is 5.34. The van der Waals surface area contributed by atoms with Crippen molar-refractivity contribution < 1.29 is 0 Å². The molecule has 0 heterocycles. The van der Waals surface area contributed by atoms with Crippen molar-refractivity contribution in [1.82, 2.24) is 10.9 Å². The van der Waals surface area contributed by atoms with Gasteiger partial charge in [0.25, 0.3) is 0 Å². The minimum Gasteiger partial charge on any atom is -0.300 e. The summed E-state index contributed by atoms with van der Waals surface area (Å²) in [5.41, 5.74) is 5.90. The van der Waals surface area contributed by atoms with Crippen LogP contribution in [0.3, 0.4) is 0 Å². The van der Waals surface area contributed by atoms with Gasteiger partial charge in [0.15, 0.2) is 0 Å². The number of hydrazone groups is 1. The van der Waals surface area contributed by atoms with E-state index < -0.39 is 0 Å². The molecule has 0 bridgehead atoms. The Balaban J connectivity index is 2.37. The molecule has 0 saturated carbocycles. The van der Waals surface area contributed by atoms with E-state index in [0.717, 1.165) is 5.56 Å². The van der Waals surface area contributed by atoms with Crippen molar-refractivity contribution in [1.29, 1.82) is 0 Å². The fraction of sp³-hybridized carbons (Fsp3) is 0. The van der Waals surface area contributed by atoms with Crippen LogP contribution in [0.5, 0.6) is 0 Å². The third-order valence-corrected chi connectivity index (χ3v) is 1.76. The second-order valence-electron chi connectivity index (χ2n) is 2.63. The van der Waals surface area contributed by atoms with Gasteiger partial charge in [0, 0.05) is 6.21 Å². The van der Waals surface area contributed by atoms with E-state index in [1.165, 1.54) is 0 Å². The molecule has 5 heteroatoms. The van der Waals surface area contributed by atoms with Crippen LogP contribution >= 0.6 is 12.2 Å². The maximum atomic E-state index is 5.03. The van der Waals surface area contributed by atoms with Crippen LogP contribution < -0.4 is 16.7 Å². The highest BCUT2D eigenvalue weighted by molar-refractivity contribution is 7.80. The molecule has 78 valence electrons. The van der Waals surface area contributed by atoms with Crippen LogP contribution in [0.15, 0.2) is 41.5 Å². The first-order valence-electron chi connectivity index (χ1n) is 4.34. The molecule has 0 aliphatic heterocycles. The number of hydrogen-bond acceptors (Lipinski definition) is 3. The molecule has 1 aromatic rings. The third kappa shape index (κ3) is 4.90. The van der Waals surface area contributed by atoms with Gasteiger partial charge >= 0.3 is 0 Å². The highest BCUT2D eigenvalue weighted by Crippen LogP contribution is 1.99. The molecule has 1 rings (SSSR count). The minimum absolute atomic E-state index is 0.277. The number of hydrogen-bond donors (Lipinski definition) is 3. The molecule has 0 fully saturated rings. The van der Waals surface area contributed by atoms with E-state index in [1.807, 2.05) is 42.5 Å². The van der Waals surface area contributed by atoms with Crippen molar-refractivity contribution in [3.8, 4) is 0 Å². The number of benzene rings is 1. The second-order valence-corrected chi connectivity index (χ2v) is 3.04. The van der Waals surface area contributed by atoms with Gasteiger partial charge in [-0.15, -0.1) is 0 Å². The van der Waals surface area contributed by atoms with Crippen LogP contribution in [0.1, 0.15) is 5.56 Å². The lowest BCUT2D eigenvalue weighted by molar-refractivity contribution is 0.931. The van der Waals surface area contributed by atoms with E-state index in [9.17, 15) is 0 Å². The number of rotatable bonds is 3. The van der Waals surface area contributed by atoms with Gasteiger partial charge in [-0.25, -0.2) is 5.84 Å². The molecule has 4 nitrogen and oxygen atoms in total. The van der Waals surface area contributed by atoms with Crippen molar-refractivity contribution in [2.24, 2.45) is 10.9 Å². The lowest BCUT2D eigenvalue weighted by Gasteiger charge is -1.97. The van der Waals surface area contributed by atoms with E-state index >= 15 is 0 Å². The molecule has 0 aliphatic carbocycles. The summed E-state index contributed by atoms with van der Waals surface area (Å²) in [7, 11) is 0. The zero-order chi connectivity index (χ0) is 10.9. The summed E-state index contributed by atoms with van der Waals surface area (Å²) in [4.78, 5) is 0. The average molecular weight is 220 g/mol. The molecule has 0 spiro atoms. The zero-order valence-corrected chi connectivity index (χ0v) is 8.87. The molecular weight excluding hydrogens is 208 g/mol. The Bertz CT molecular complexity index is 359. The Hall–Kier alpha value is -1.72. The molecule has 0 aliphatic rings. The number of hydrazine groups is 1. The number of nitrogens with zero attached hydrogens (tertiary/aromatic N) is 1. The van der Waals surface area contributed by atoms with Crippen molar-refractivity contribution in [3.05, 3.63) is 42.0 Å². The van der Waals surface area contributed by atoms with E-state index in [4.69, 9.17) is 18.1 Å². The molecule has 0 saturated heterocycles. The Morgan fingerprint density at radius 2 is 2.07 bits per heavy atom. The fourth-order valence-corrected chi connectivity index (χ4v) is 0.942.